The van der Waals surface area contributed by atoms with Gasteiger partial charge in [0.2, 0.25) is 0 Å². The fourth-order valence-corrected chi connectivity index (χ4v) is 1.26. The number of hydrogen-bond donors (Lipinski definition) is 1. The fraction of sp³-hybridized carbons (Fsp3) is 0.455. The fourth-order valence-electron chi connectivity index (χ4n) is 1.26. The molecule has 0 radical (unpaired) electrons. The lowest BCUT2D eigenvalue weighted by molar-refractivity contribution is 0.462. The Labute approximate surface area is 85.3 Å². The van der Waals surface area contributed by atoms with Crippen molar-refractivity contribution in [3.05, 3.63) is 30.1 Å². The Balaban J connectivity index is 2.57. The average molecular weight is 191 g/mol. The molecule has 0 aromatic carbocycles. The summed E-state index contributed by atoms with van der Waals surface area (Å²) in [5, 5.41) is 7.80. The summed E-state index contributed by atoms with van der Waals surface area (Å²) in [5.74, 6) is 0.916. The Morgan fingerprint density at radius 1 is 1.50 bits per heavy atom. The van der Waals surface area contributed by atoms with Gasteiger partial charge in [-0.15, -0.1) is 0 Å². The zero-order valence-electron chi connectivity index (χ0n) is 8.99. The van der Waals surface area contributed by atoms with E-state index in [-0.39, 0.29) is 5.92 Å². The highest BCUT2D eigenvalue weighted by Crippen LogP contribution is 2.04. The van der Waals surface area contributed by atoms with Crippen LogP contribution in [0.1, 0.15) is 19.5 Å². The second-order valence-corrected chi connectivity index (χ2v) is 3.72. The summed E-state index contributed by atoms with van der Waals surface area (Å²) >= 11 is 0. The van der Waals surface area contributed by atoms with Gasteiger partial charge in [-0.1, -0.05) is 19.9 Å². The molecule has 1 aromatic rings. The van der Waals surface area contributed by atoms with E-state index in [0.29, 0.717) is 12.4 Å². The van der Waals surface area contributed by atoms with Gasteiger partial charge in [-0.2, -0.15) is 0 Å². The molecule has 1 N–H and O–H groups in total. The van der Waals surface area contributed by atoms with Crippen molar-refractivity contribution >= 4 is 5.84 Å². The maximum Gasteiger partial charge on any atom is 0.0984 e. The maximum absolute atomic E-state index is 7.80. The van der Waals surface area contributed by atoms with Crippen molar-refractivity contribution in [2.45, 2.75) is 20.4 Å². The molecule has 3 nitrogen and oxygen atoms in total. The molecule has 0 fully saturated rings. The van der Waals surface area contributed by atoms with Crippen molar-refractivity contribution < 1.29 is 0 Å². The number of nitrogens with one attached hydrogen (secondary N) is 1. The number of aromatic nitrogens is 1. The van der Waals surface area contributed by atoms with Crippen LogP contribution < -0.4 is 0 Å². The summed E-state index contributed by atoms with van der Waals surface area (Å²) in [4.78, 5) is 6.15. The summed E-state index contributed by atoms with van der Waals surface area (Å²) in [6.07, 6.45) is 1.78. The molecule has 0 amide bonds. The molecule has 0 saturated heterocycles. The summed E-state index contributed by atoms with van der Waals surface area (Å²) in [6.45, 7) is 4.76. The summed E-state index contributed by atoms with van der Waals surface area (Å²) in [5.41, 5.74) is 1.00. The number of nitrogens with zero attached hydrogens (tertiary/aromatic N) is 2. The van der Waals surface area contributed by atoms with Gasteiger partial charge >= 0.3 is 0 Å². The van der Waals surface area contributed by atoms with Crippen LogP contribution in [0.3, 0.4) is 0 Å². The van der Waals surface area contributed by atoms with Crippen molar-refractivity contribution in [3.8, 4) is 0 Å². The number of hydrogen-bond acceptors (Lipinski definition) is 2. The Morgan fingerprint density at radius 3 is 2.71 bits per heavy atom. The molecule has 76 valence electrons. The van der Waals surface area contributed by atoms with Crippen molar-refractivity contribution in [2.24, 2.45) is 5.92 Å². The van der Waals surface area contributed by atoms with Gasteiger partial charge in [-0.3, -0.25) is 10.4 Å². The van der Waals surface area contributed by atoms with Crippen LogP contribution in [0.25, 0.3) is 0 Å². The predicted octanol–water partition coefficient (Wildman–Crippen LogP) is 2.15. The van der Waals surface area contributed by atoms with E-state index in [1.54, 1.807) is 6.20 Å². The lowest BCUT2D eigenvalue weighted by Crippen LogP contribution is -2.29. The van der Waals surface area contributed by atoms with E-state index in [9.17, 15) is 0 Å². The number of pyridine rings is 1. The molecular weight excluding hydrogens is 174 g/mol. The maximum atomic E-state index is 7.80. The van der Waals surface area contributed by atoms with Gasteiger partial charge < -0.3 is 4.90 Å². The van der Waals surface area contributed by atoms with E-state index in [1.807, 2.05) is 44.0 Å². The molecule has 1 rings (SSSR count). The Bertz CT molecular complexity index is 293. The standard InChI is InChI=1S/C11H17N3/c1-9(2)11(12)14(3)8-10-6-4-5-7-13-10/h4-7,9,12H,8H2,1-3H3. The third-order valence-electron chi connectivity index (χ3n) is 2.08. The molecule has 1 heterocycles. The third kappa shape index (κ3) is 2.83. The van der Waals surface area contributed by atoms with Crippen LogP contribution in [0.15, 0.2) is 24.4 Å². The normalized spacial score (nSPS) is 10.3. The SMILES string of the molecule is CC(C)C(=N)N(C)Cc1ccccn1. The Morgan fingerprint density at radius 2 is 2.21 bits per heavy atom. The molecule has 0 aliphatic rings. The molecule has 14 heavy (non-hydrogen) atoms. The van der Waals surface area contributed by atoms with Crippen LogP contribution >= 0.6 is 0 Å². The van der Waals surface area contributed by atoms with Gasteiger partial charge in [0.05, 0.1) is 18.1 Å². The molecule has 0 saturated carbocycles. The van der Waals surface area contributed by atoms with Crippen molar-refractivity contribution in [2.75, 3.05) is 7.05 Å². The van der Waals surface area contributed by atoms with E-state index in [4.69, 9.17) is 5.41 Å². The van der Waals surface area contributed by atoms with Gasteiger partial charge in [0, 0.05) is 19.2 Å². The van der Waals surface area contributed by atoms with Crippen LogP contribution in [-0.2, 0) is 6.54 Å². The van der Waals surface area contributed by atoms with Crippen LogP contribution in [0, 0.1) is 11.3 Å². The smallest absolute Gasteiger partial charge is 0.0984 e. The largest absolute Gasteiger partial charge is 0.357 e. The van der Waals surface area contributed by atoms with Crippen molar-refractivity contribution in [1.82, 2.24) is 9.88 Å². The minimum atomic E-state index is 0.267. The third-order valence-corrected chi connectivity index (χ3v) is 2.08. The summed E-state index contributed by atoms with van der Waals surface area (Å²) in [6, 6.07) is 5.84. The van der Waals surface area contributed by atoms with Crippen molar-refractivity contribution in [1.29, 1.82) is 5.41 Å². The highest BCUT2D eigenvalue weighted by molar-refractivity contribution is 5.80. The lowest BCUT2D eigenvalue weighted by Gasteiger charge is -2.21. The van der Waals surface area contributed by atoms with Gasteiger partial charge in [0.25, 0.3) is 0 Å². The van der Waals surface area contributed by atoms with Gasteiger partial charge in [0.15, 0.2) is 0 Å². The molecule has 0 unspecified atom stereocenters. The van der Waals surface area contributed by atoms with Crippen LogP contribution in [-0.4, -0.2) is 22.8 Å². The van der Waals surface area contributed by atoms with Gasteiger partial charge in [0.1, 0.15) is 0 Å². The van der Waals surface area contributed by atoms with E-state index >= 15 is 0 Å². The first kappa shape index (κ1) is 10.7. The van der Waals surface area contributed by atoms with Gasteiger partial charge in [-0.25, -0.2) is 0 Å². The Hall–Kier alpha value is -1.38. The first-order chi connectivity index (χ1) is 6.61. The van der Waals surface area contributed by atoms with E-state index in [2.05, 4.69) is 4.98 Å². The van der Waals surface area contributed by atoms with Crippen LogP contribution in [0.5, 0.6) is 0 Å². The average Bonchev–Trinajstić information content (AvgIpc) is 2.18. The number of rotatable bonds is 3. The number of amidine groups is 1. The predicted molar refractivity (Wildman–Crippen MR) is 58.3 cm³/mol. The molecule has 0 atom stereocenters. The molecular formula is C11H17N3. The van der Waals surface area contributed by atoms with Gasteiger partial charge in [-0.05, 0) is 12.1 Å². The topological polar surface area (TPSA) is 40.0 Å². The highest BCUT2D eigenvalue weighted by Gasteiger charge is 2.08. The first-order valence-electron chi connectivity index (χ1n) is 4.80. The van der Waals surface area contributed by atoms with E-state index < -0.39 is 0 Å². The molecule has 0 aliphatic heterocycles. The second-order valence-electron chi connectivity index (χ2n) is 3.72. The van der Waals surface area contributed by atoms with E-state index in [1.165, 1.54) is 0 Å². The summed E-state index contributed by atoms with van der Waals surface area (Å²) < 4.78 is 0. The molecule has 0 spiro atoms. The molecule has 3 heteroatoms. The molecule has 0 bridgehead atoms. The van der Waals surface area contributed by atoms with Crippen LogP contribution in [0.4, 0.5) is 0 Å². The Kier molecular flexibility index (Phi) is 3.63. The van der Waals surface area contributed by atoms with Crippen LogP contribution in [0.2, 0.25) is 0 Å². The second kappa shape index (κ2) is 4.74. The lowest BCUT2D eigenvalue weighted by atomic mass is 10.2. The quantitative estimate of drug-likeness (QED) is 0.587. The minimum Gasteiger partial charge on any atom is -0.357 e. The summed E-state index contributed by atoms with van der Waals surface area (Å²) in [7, 11) is 1.93. The highest BCUT2D eigenvalue weighted by atomic mass is 15.1. The van der Waals surface area contributed by atoms with Crippen molar-refractivity contribution in [3.63, 3.8) is 0 Å². The minimum absolute atomic E-state index is 0.267. The molecule has 0 aliphatic carbocycles. The monoisotopic (exact) mass is 191 g/mol. The zero-order chi connectivity index (χ0) is 10.6. The zero-order valence-corrected chi connectivity index (χ0v) is 8.99. The molecule has 1 aromatic heterocycles. The van der Waals surface area contributed by atoms with E-state index in [0.717, 1.165) is 5.69 Å². The first-order valence-corrected chi connectivity index (χ1v) is 4.80.